The first-order chi connectivity index (χ1) is 8.99. The Morgan fingerprint density at radius 1 is 1.53 bits per heavy atom. The third-order valence-electron chi connectivity index (χ3n) is 4.11. The Hall–Kier alpha value is -1.29. The highest BCUT2D eigenvalue weighted by Crippen LogP contribution is 2.33. The molecule has 106 valence electrons. The summed E-state index contributed by atoms with van der Waals surface area (Å²) in [7, 11) is 1.59. The first-order valence-electron chi connectivity index (χ1n) is 6.84. The highest BCUT2D eigenvalue weighted by atomic mass is 19.1. The molecule has 1 aromatic rings. The zero-order valence-corrected chi connectivity index (χ0v) is 12.2. The third-order valence-corrected chi connectivity index (χ3v) is 4.11. The highest BCUT2D eigenvalue weighted by Gasteiger charge is 2.33. The first-order valence-corrected chi connectivity index (χ1v) is 6.84. The molecule has 0 aromatic heterocycles. The topological polar surface area (TPSA) is 24.5 Å². The van der Waals surface area contributed by atoms with E-state index in [1.165, 1.54) is 12.1 Å². The lowest BCUT2D eigenvalue weighted by Crippen LogP contribution is -2.62. The smallest absolute Gasteiger partial charge is 0.145 e. The van der Waals surface area contributed by atoms with Crippen LogP contribution in [0.5, 0.6) is 5.75 Å². The molecular weight excluding hydrogens is 243 g/mol. The third kappa shape index (κ3) is 2.84. The van der Waals surface area contributed by atoms with E-state index in [1.807, 2.05) is 6.07 Å². The van der Waals surface area contributed by atoms with Crippen molar-refractivity contribution in [3.63, 3.8) is 0 Å². The quantitative estimate of drug-likeness (QED) is 0.910. The summed E-state index contributed by atoms with van der Waals surface area (Å²) in [6, 6.07) is 5.12. The van der Waals surface area contributed by atoms with Crippen LogP contribution in [0.15, 0.2) is 18.2 Å². The van der Waals surface area contributed by atoms with Gasteiger partial charge in [0, 0.05) is 30.7 Å². The largest absolute Gasteiger partial charge is 0.494 e. The van der Waals surface area contributed by atoms with Gasteiger partial charge in [0.25, 0.3) is 0 Å². The first kappa shape index (κ1) is 14.1. The fourth-order valence-corrected chi connectivity index (χ4v) is 2.54. The maximum atomic E-state index is 13.3. The molecule has 0 spiro atoms. The number of nitrogens with one attached hydrogen (secondary N) is 1. The average molecular weight is 266 g/mol. The second-order valence-corrected chi connectivity index (χ2v) is 5.59. The van der Waals surface area contributed by atoms with E-state index in [2.05, 4.69) is 31.0 Å². The van der Waals surface area contributed by atoms with Gasteiger partial charge in [0.2, 0.25) is 0 Å². The van der Waals surface area contributed by atoms with E-state index in [9.17, 15) is 4.39 Å². The Bertz CT molecular complexity index is 452. The molecule has 2 unspecified atom stereocenters. The summed E-state index contributed by atoms with van der Waals surface area (Å²) in [5, 5.41) is 3.59. The minimum Gasteiger partial charge on any atom is -0.494 e. The van der Waals surface area contributed by atoms with Crippen molar-refractivity contribution in [2.45, 2.75) is 38.8 Å². The number of nitrogens with zero attached hydrogens (tertiary/aromatic N) is 1. The monoisotopic (exact) mass is 266 g/mol. The predicted molar refractivity (Wildman–Crippen MR) is 76.5 cm³/mol. The molecule has 1 fully saturated rings. The van der Waals surface area contributed by atoms with Gasteiger partial charge in [-0.05, 0) is 32.4 Å². The van der Waals surface area contributed by atoms with Gasteiger partial charge in [-0.3, -0.25) is 0 Å². The summed E-state index contributed by atoms with van der Waals surface area (Å²) in [4.78, 5) is 2.30. The molecule has 0 bridgehead atoms. The number of benzene rings is 1. The summed E-state index contributed by atoms with van der Waals surface area (Å²) in [5.41, 5.74) is 1.06. The van der Waals surface area contributed by atoms with Crippen molar-refractivity contribution in [1.82, 2.24) is 5.32 Å². The van der Waals surface area contributed by atoms with Crippen LogP contribution in [0.1, 0.15) is 27.2 Å². The highest BCUT2D eigenvalue weighted by molar-refractivity contribution is 5.60. The van der Waals surface area contributed by atoms with E-state index in [4.69, 9.17) is 4.74 Å². The normalized spacial score (nSPS) is 27.4. The lowest BCUT2D eigenvalue weighted by atomic mass is 9.93. The lowest BCUT2D eigenvalue weighted by Gasteiger charge is -2.46. The standard InChI is InChI=1S/C15H23FN2O/c1-5-15(3)10-18(11(2)9-17-15)13-7-6-12(16)8-14(13)19-4/h6-8,11,17H,5,9-10H2,1-4H3. The SMILES string of the molecule is CCC1(C)CN(c2ccc(F)cc2OC)C(C)CN1. The van der Waals surface area contributed by atoms with Gasteiger partial charge in [0.05, 0.1) is 12.8 Å². The summed E-state index contributed by atoms with van der Waals surface area (Å²) in [5.74, 6) is 0.342. The number of rotatable bonds is 3. The maximum Gasteiger partial charge on any atom is 0.145 e. The van der Waals surface area contributed by atoms with Crippen LogP contribution in [0.25, 0.3) is 0 Å². The zero-order valence-electron chi connectivity index (χ0n) is 12.2. The van der Waals surface area contributed by atoms with Gasteiger partial charge < -0.3 is 15.0 Å². The molecule has 19 heavy (non-hydrogen) atoms. The van der Waals surface area contributed by atoms with Crippen molar-refractivity contribution >= 4 is 5.69 Å². The van der Waals surface area contributed by atoms with Gasteiger partial charge in [-0.2, -0.15) is 0 Å². The summed E-state index contributed by atoms with van der Waals surface area (Å²) in [6.07, 6.45) is 1.06. The molecule has 2 atom stereocenters. The van der Waals surface area contributed by atoms with Crippen LogP contribution in [-0.2, 0) is 0 Å². The molecular formula is C15H23FN2O. The number of halogens is 1. The van der Waals surface area contributed by atoms with Gasteiger partial charge in [-0.15, -0.1) is 0 Å². The van der Waals surface area contributed by atoms with Crippen molar-refractivity contribution in [2.75, 3.05) is 25.1 Å². The number of ether oxygens (including phenoxy) is 1. The van der Waals surface area contributed by atoms with Crippen molar-refractivity contribution in [3.05, 3.63) is 24.0 Å². The van der Waals surface area contributed by atoms with E-state index >= 15 is 0 Å². The molecule has 3 nitrogen and oxygen atoms in total. The van der Waals surface area contributed by atoms with Crippen molar-refractivity contribution in [3.8, 4) is 5.75 Å². The van der Waals surface area contributed by atoms with Crippen molar-refractivity contribution in [2.24, 2.45) is 0 Å². The molecule has 0 amide bonds. The summed E-state index contributed by atoms with van der Waals surface area (Å²) < 4.78 is 18.6. The van der Waals surface area contributed by atoms with Gasteiger partial charge in [0.15, 0.2) is 0 Å². The van der Waals surface area contributed by atoms with Gasteiger partial charge in [-0.25, -0.2) is 4.39 Å². The number of piperazine rings is 1. The maximum absolute atomic E-state index is 13.3. The van der Waals surface area contributed by atoms with Gasteiger partial charge in [-0.1, -0.05) is 6.92 Å². The number of methoxy groups -OCH3 is 1. The van der Waals surface area contributed by atoms with Crippen LogP contribution < -0.4 is 15.0 Å². The van der Waals surface area contributed by atoms with Gasteiger partial charge in [0.1, 0.15) is 11.6 Å². The second kappa shape index (κ2) is 5.37. The Labute approximate surface area is 114 Å². The predicted octanol–water partition coefficient (Wildman–Crippen LogP) is 2.80. The van der Waals surface area contributed by atoms with Crippen LogP contribution >= 0.6 is 0 Å². The Morgan fingerprint density at radius 2 is 2.26 bits per heavy atom. The Kier molecular flexibility index (Phi) is 3.99. The van der Waals surface area contributed by atoms with Crippen LogP contribution in [-0.4, -0.2) is 31.8 Å². The molecule has 1 heterocycles. The summed E-state index contributed by atoms with van der Waals surface area (Å²) in [6.45, 7) is 8.40. The van der Waals surface area contributed by atoms with Crippen molar-refractivity contribution < 1.29 is 9.13 Å². The molecule has 0 radical (unpaired) electrons. The molecule has 4 heteroatoms. The minimum atomic E-state index is -0.262. The molecule has 0 aliphatic carbocycles. The average Bonchev–Trinajstić information content (AvgIpc) is 2.42. The van der Waals surface area contributed by atoms with E-state index < -0.39 is 0 Å². The van der Waals surface area contributed by atoms with Crippen LogP contribution in [0.4, 0.5) is 10.1 Å². The van der Waals surface area contributed by atoms with Crippen LogP contribution in [0.2, 0.25) is 0 Å². The van der Waals surface area contributed by atoms with E-state index in [-0.39, 0.29) is 11.4 Å². The fourth-order valence-electron chi connectivity index (χ4n) is 2.54. The molecule has 1 saturated heterocycles. The molecule has 1 N–H and O–H groups in total. The van der Waals surface area contributed by atoms with E-state index in [0.29, 0.717) is 11.8 Å². The molecule has 0 saturated carbocycles. The Balaban J connectivity index is 2.33. The Morgan fingerprint density at radius 3 is 2.89 bits per heavy atom. The number of hydrogen-bond acceptors (Lipinski definition) is 3. The van der Waals surface area contributed by atoms with Crippen LogP contribution in [0, 0.1) is 5.82 Å². The fraction of sp³-hybridized carbons (Fsp3) is 0.600. The molecule has 1 aromatic carbocycles. The number of anilines is 1. The number of hydrogen-bond donors (Lipinski definition) is 1. The lowest BCUT2D eigenvalue weighted by molar-refractivity contribution is 0.283. The van der Waals surface area contributed by atoms with Crippen LogP contribution in [0.3, 0.4) is 0 Å². The minimum absolute atomic E-state index is 0.0892. The van der Waals surface area contributed by atoms with E-state index in [1.54, 1.807) is 7.11 Å². The van der Waals surface area contributed by atoms with Crippen molar-refractivity contribution in [1.29, 1.82) is 0 Å². The molecule has 2 rings (SSSR count). The summed E-state index contributed by atoms with van der Waals surface area (Å²) >= 11 is 0. The van der Waals surface area contributed by atoms with Gasteiger partial charge >= 0.3 is 0 Å². The van der Waals surface area contributed by atoms with E-state index in [0.717, 1.165) is 25.2 Å². The zero-order chi connectivity index (χ0) is 14.0. The second-order valence-electron chi connectivity index (χ2n) is 5.59. The molecule has 1 aliphatic rings. The molecule has 1 aliphatic heterocycles.